The largest absolute Gasteiger partial charge is 0.489 e. The van der Waals surface area contributed by atoms with E-state index in [4.69, 9.17) is 19.5 Å². The standard InChI is InChI=1S/C16H19BO4/c1-20-10-9-13-5-7-16(8-6-13)21-12-14-3-2-4-15(11-14)17(18)19/h2-8,11,18-19H,9-10,12H2,1H3. The SMILES string of the molecule is COCCc1ccc(OCc2cccc(B(O)O)c2)cc1. The van der Waals surface area contributed by atoms with Crippen LogP contribution in [0.4, 0.5) is 0 Å². The molecule has 0 saturated carbocycles. The summed E-state index contributed by atoms with van der Waals surface area (Å²) in [6, 6.07) is 14.9. The highest BCUT2D eigenvalue weighted by Crippen LogP contribution is 2.14. The highest BCUT2D eigenvalue weighted by Gasteiger charge is 2.10. The van der Waals surface area contributed by atoms with E-state index in [-0.39, 0.29) is 0 Å². The van der Waals surface area contributed by atoms with Crippen LogP contribution in [-0.2, 0) is 17.8 Å². The molecule has 0 aromatic heterocycles. The molecule has 0 radical (unpaired) electrons. The lowest BCUT2D eigenvalue weighted by molar-refractivity contribution is 0.202. The Labute approximate surface area is 125 Å². The zero-order chi connectivity index (χ0) is 15.1. The molecule has 0 bridgehead atoms. The second-order valence-electron chi connectivity index (χ2n) is 4.79. The molecule has 0 aliphatic carbocycles. The summed E-state index contributed by atoms with van der Waals surface area (Å²) in [5.74, 6) is 0.783. The highest BCUT2D eigenvalue weighted by molar-refractivity contribution is 6.58. The van der Waals surface area contributed by atoms with E-state index in [1.165, 1.54) is 5.56 Å². The van der Waals surface area contributed by atoms with Crippen molar-refractivity contribution in [2.24, 2.45) is 0 Å². The fourth-order valence-electron chi connectivity index (χ4n) is 1.98. The molecule has 4 nitrogen and oxygen atoms in total. The van der Waals surface area contributed by atoms with Gasteiger partial charge >= 0.3 is 7.12 Å². The highest BCUT2D eigenvalue weighted by atomic mass is 16.5. The molecule has 5 heteroatoms. The maximum Gasteiger partial charge on any atom is 0.488 e. The molecule has 2 aromatic rings. The van der Waals surface area contributed by atoms with E-state index in [0.29, 0.717) is 18.7 Å². The van der Waals surface area contributed by atoms with Gasteiger partial charge in [-0.1, -0.05) is 36.4 Å². The Morgan fingerprint density at radius 3 is 2.43 bits per heavy atom. The Morgan fingerprint density at radius 1 is 1.00 bits per heavy atom. The summed E-state index contributed by atoms with van der Waals surface area (Å²) < 4.78 is 10.7. The van der Waals surface area contributed by atoms with E-state index in [1.807, 2.05) is 30.3 Å². The van der Waals surface area contributed by atoms with Gasteiger partial charge in [-0.3, -0.25) is 0 Å². The van der Waals surface area contributed by atoms with Gasteiger partial charge in [0.1, 0.15) is 12.4 Å². The zero-order valence-electron chi connectivity index (χ0n) is 12.0. The number of hydrogen-bond donors (Lipinski definition) is 2. The molecule has 0 unspecified atom stereocenters. The first kappa shape index (κ1) is 15.6. The third-order valence-corrected chi connectivity index (χ3v) is 3.17. The Balaban J connectivity index is 1.92. The molecule has 0 atom stereocenters. The van der Waals surface area contributed by atoms with Crippen molar-refractivity contribution in [3.8, 4) is 5.75 Å². The van der Waals surface area contributed by atoms with Gasteiger partial charge in [0, 0.05) is 7.11 Å². The predicted molar refractivity (Wildman–Crippen MR) is 82.6 cm³/mol. The molecule has 0 fully saturated rings. The quantitative estimate of drug-likeness (QED) is 0.749. The predicted octanol–water partition coefficient (Wildman–Crippen LogP) is 1.13. The number of ether oxygens (including phenoxy) is 2. The average Bonchev–Trinajstić information content (AvgIpc) is 2.52. The van der Waals surface area contributed by atoms with Crippen molar-refractivity contribution in [3.05, 3.63) is 59.7 Å². The van der Waals surface area contributed by atoms with Crippen molar-refractivity contribution < 1.29 is 19.5 Å². The molecule has 110 valence electrons. The Bertz CT molecular complexity index is 554. The number of rotatable bonds is 7. The third-order valence-electron chi connectivity index (χ3n) is 3.17. The molecule has 0 spiro atoms. The molecular formula is C16H19BO4. The van der Waals surface area contributed by atoms with Crippen LogP contribution in [0.5, 0.6) is 5.75 Å². The first-order valence-electron chi connectivity index (χ1n) is 6.84. The van der Waals surface area contributed by atoms with Gasteiger partial charge in [0.15, 0.2) is 0 Å². The minimum Gasteiger partial charge on any atom is -0.489 e. The van der Waals surface area contributed by atoms with Gasteiger partial charge in [-0.15, -0.1) is 0 Å². The van der Waals surface area contributed by atoms with E-state index >= 15 is 0 Å². The second kappa shape index (κ2) is 7.83. The fourth-order valence-corrected chi connectivity index (χ4v) is 1.98. The first-order chi connectivity index (χ1) is 10.2. The normalized spacial score (nSPS) is 10.4. The molecule has 0 heterocycles. The molecule has 0 aliphatic heterocycles. The van der Waals surface area contributed by atoms with Crippen LogP contribution in [0.25, 0.3) is 0 Å². The molecule has 2 N–H and O–H groups in total. The van der Waals surface area contributed by atoms with Gasteiger partial charge in [0.25, 0.3) is 0 Å². The fraction of sp³-hybridized carbons (Fsp3) is 0.250. The molecule has 0 amide bonds. The summed E-state index contributed by atoms with van der Waals surface area (Å²) in [7, 11) is 0.236. The third kappa shape index (κ3) is 4.90. The minimum absolute atomic E-state index is 0.387. The average molecular weight is 286 g/mol. The van der Waals surface area contributed by atoms with Crippen molar-refractivity contribution >= 4 is 12.6 Å². The van der Waals surface area contributed by atoms with Gasteiger partial charge in [-0.2, -0.15) is 0 Å². The maximum absolute atomic E-state index is 9.14. The van der Waals surface area contributed by atoms with Crippen molar-refractivity contribution in [2.45, 2.75) is 13.0 Å². The molecule has 21 heavy (non-hydrogen) atoms. The van der Waals surface area contributed by atoms with E-state index in [9.17, 15) is 0 Å². The van der Waals surface area contributed by atoms with Crippen LogP contribution >= 0.6 is 0 Å². The van der Waals surface area contributed by atoms with E-state index in [0.717, 1.165) is 17.7 Å². The van der Waals surface area contributed by atoms with E-state index in [2.05, 4.69) is 0 Å². The van der Waals surface area contributed by atoms with Crippen LogP contribution in [0.15, 0.2) is 48.5 Å². The monoisotopic (exact) mass is 286 g/mol. The lowest BCUT2D eigenvalue weighted by atomic mass is 9.80. The van der Waals surface area contributed by atoms with Gasteiger partial charge in [0.2, 0.25) is 0 Å². The van der Waals surface area contributed by atoms with Crippen LogP contribution in [-0.4, -0.2) is 30.9 Å². The summed E-state index contributed by atoms with van der Waals surface area (Å²) >= 11 is 0. The van der Waals surface area contributed by atoms with Crippen molar-refractivity contribution in [3.63, 3.8) is 0 Å². The molecule has 0 saturated heterocycles. The maximum atomic E-state index is 9.14. The molecule has 2 aromatic carbocycles. The Hall–Kier alpha value is -1.82. The summed E-state index contributed by atoms with van der Waals surface area (Å²) in [5, 5.41) is 18.3. The molecule has 0 aliphatic rings. The van der Waals surface area contributed by atoms with Crippen molar-refractivity contribution in [1.29, 1.82) is 0 Å². The molecule has 2 rings (SSSR count). The zero-order valence-corrected chi connectivity index (χ0v) is 12.0. The Kier molecular flexibility index (Phi) is 5.81. The number of hydrogen-bond acceptors (Lipinski definition) is 4. The topological polar surface area (TPSA) is 58.9 Å². The summed E-state index contributed by atoms with van der Waals surface area (Å²) in [5.41, 5.74) is 2.56. The molecular weight excluding hydrogens is 267 g/mol. The van der Waals surface area contributed by atoms with Gasteiger partial charge in [-0.05, 0) is 35.1 Å². The smallest absolute Gasteiger partial charge is 0.488 e. The van der Waals surface area contributed by atoms with Gasteiger partial charge < -0.3 is 19.5 Å². The lowest BCUT2D eigenvalue weighted by Crippen LogP contribution is -2.29. The summed E-state index contributed by atoms with van der Waals surface area (Å²) in [6.07, 6.45) is 0.882. The van der Waals surface area contributed by atoms with Crippen molar-refractivity contribution in [1.82, 2.24) is 0 Å². The summed E-state index contributed by atoms with van der Waals surface area (Å²) in [4.78, 5) is 0. The van der Waals surface area contributed by atoms with Crippen LogP contribution in [0.2, 0.25) is 0 Å². The van der Waals surface area contributed by atoms with Crippen LogP contribution in [0.3, 0.4) is 0 Å². The van der Waals surface area contributed by atoms with E-state index < -0.39 is 7.12 Å². The van der Waals surface area contributed by atoms with E-state index in [1.54, 1.807) is 25.3 Å². The first-order valence-corrected chi connectivity index (χ1v) is 6.84. The van der Waals surface area contributed by atoms with Crippen LogP contribution < -0.4 is 10.2 Å². The summed E-state index contributed by atoms with van der Waals surface area (Å²) in [6.45, 7) is 1.09. The van der Waals surface area contributed by atoms with Gasteiger partial charge in [-0.25, -0.2) is 0 Å². The number of methoxy groups -OCH3 is 1. The Morgan fingerprint density at radius 2 is 1.76 bits per heavy atom. The number of benzene rings is 2. The minimum atomic E-state index is -1.45. The van der Waals surface area contributed by atoms with Gasteiger partial charge in [0.05, 0.1) is 6.61 Å². The second-order valence-corrected chi connectivity index (χ2v) is 4.79. The van der Waals surface area contributed by atoms with Crippen LogP contribution in [0.1, 0.15) is 11.1 Å². The van der Waals surface area contributed by atoms with Crippen molar-refractivity contribution in [2.75, 3.05) is 13.7 Å². The van der Waals surface area contributed by atoms with Crippen LogP contribution in [0, 0.1) is 0 Å². The lowest BCUT2D eigenvalue weighted by Gasteiger charge is -2.08.